The second-order valence-corrected chi connectivity index (χ2v) is 15.5. The molecule has 3 nitrogen and oxygen atoms in total. The number of thiophene rings is 1. The second-order valence-electron chi connectivity index (χ2n) is 14.4. The summed E-state index contributed by atoms with van der Waals surface area (Å²) in [5, 5.41) is 7.46. The lowest BCUT2D eigenvalue weighted by Gasteiger charge is -2.15. The lowest BCUT2D eigenvalue weighted by atomic mass is 9.90. The molecular weight excluding hydrogens is 711 g/mol. The van der Waals surface area contributed by atoms with E-state index in [0.717, 1.165) is 33.4 Å². The van der Waals surface area contributed by atoms with Gasteiger partial charge in [-0.3, -0.25) is 0 Å². The van der Waals surface area contributed by atoms with Crippen molar-refractivity contribution in [2.24, 2.45) is 0 Å². The highest BCUT2D eigenvalue weighted by Crippen LogP contribution is 2.41. The molecule has 0 aliphatic rings. The van der Waals surface area contributed by atoms with Crippen molar-refractivity contribution in [3.8, 4) is 67.5 Å². The number of rotatable bonds is 6. The summed E-state index contributed by atoms with van der Waals surface area (Å²) in [7, 11) is 0. The summed E-state index contributed by atoms with van der Waals surface area (Å²) in [5.41, 5.74) is 9.86. The summed E-state index contributed by atoms with van der Waals surface area (Å²) >= 11 is 1.84. The van der Waals surface area contributed by atoms with Crippen LogP contribution in [0.2, 0.25) is 0 Å². The zero-order chi connectivity index (χ0) is 37.7. The maximum atomic E-state index is 5.09. The molecule has 266 valence electrons. The second kappa shape index (κ2) is 13.8. The van der Waals surface area contributed by atoms with Crippen molar-refractivity contribution in [3.05, 3.63) is 200 Å². The van der Waals surface area contributed by atoms with Gasteiger partial charge in [0.25, 0.3) is 0 Å². The third-order valence-electron chi connectivity index (χ3n) is 10.9. The molecule has 0 aliphatic heterocycles. The summed E-state index contributed by atoms with van der Waals surface area (Å²) < 4.78 is 2.59. The first-order valence-corrected chi connectivity index (χ1v) is 20.0. The van der Waals surface area contributed by atoms with E-state index in [4.69, 9.17) is 15.0 Å². The molecule has 0 atom stereocenters. The number of aromatic nitrogens is 3. The molecule has 0 fully saturated rings. The number of hydrogen-bond donors (Lipinski definition) is 0. The smallest absolute Gasteiger partial charge is 0.164 e. The van der Waals surface area contributed by atoms with Gasteiger partial charge in [-0.25, -0.2) is 15.0 Å². The largest absolute Gasteiger partial charge is 0.208 e. The summed E-state index contributed by atoms with van der Waals surface area (Å²) in [5.74, 6) is 1.93. The quantitative estimate of drug-likeness (QED) is 0.170. The van der Waals surface area contributed by atoms with E-state index >= 15 is 0 Å². The van der Waals surface area contributed by atoms with Crippen molar-refractivity contribution >= 4 is 53.1 Å². The van der Waals surface area contributed by atoms with Crippen LogP contribution in [0.25, 0.3) is 109 Å². The Balaban J connectivity index is 1.09. The van der Waals surface area contributed by atoms with Gasteiger partial charge in [0.1, 0.15) is 0 Å². The van der Waals surface area contributed by atoms with E-state index in [2.05, 4.69) is 140 Å². The number of nitrogens with zero attached hydrogens (tertiary/aromatic N) is 3. The van der Waals surface area contributed by atoms with Crippen LogP contribution < -0.4 is 0 Å². The first kappa shape index (κ1) is 33.1. The highest BCUT2D eigenvalue weighted by molar-refractivity contribution is 7.25. The molecule has 11 rings (SSSR count). The van der Waals surface area contributed by atoms with Crippen LogP contribution in [0, 0.1) is 0 Å². The van der Waals surface area contributed by atoms with Gasteiger partial charge >= 0.3 is 0 Å². The van der Waals surface area contributed by atoms with Gasteiger partial charge < -0.3 is 0 Å². The van der Waals surface area contributed by atoms with Gasteiger partial charge in [-0.05, 0) is 91.3 Å². The molecular formula is C53H33N3S. The molecule has 0 saturated heterocycles. The maximum absolute atomic E-state index is 5.09. The lowest BCUT2D eigenvalue weighted by Crippen LogP contribution is -2.00. The monoisotopic (exact) mass is 743 g/mol. The normalized spacial score (nSPS) is 11.5. The summed E-state index contributed by atoms with van der Waals surface area (Å²) in [4.78, 5) is 15.1. The van der Waals surface area contributed by atoms with Gasteiger partial charge in [-0.2, -0.15) is 0 Å². The van der Waals surface area contributed by atoms with Crippen LogP contribution in [0.3, 0.4) is 0 Å². The third kappa shape index (κ3) is 6.04. The van der Waals surface area contributed by atoms with Crippen molar-refractivity contribution in [2.45, 2.75) is 0 Å². The molecule has 0 N–H and O–H groups in total. The average molecular weight is 744 g/mol. The minimum atomic E-state index is 0.635. The molecule has 0 amide bonds. The molecule has 4 heteroatoms. The van der Waals surface area contributed by atoms with Crippen molar-refractivity contribution in [1.29, 1.82) is 0 Å². The Bertz CT molecular complexity index is 3230. The third-order valence-corrected chi connectivity index (χ3v) is 12.1. The van der Waals surface area contributed by atoms with Crippen molar-refractivity contribution in [1.82, 2.24) is 15.0 Å². The Kier molecular flexibility index (Phi) is 8.01. The fraction of sp³-hybridized carbons (Fsp3) is 0. The van der Waals surface area contributed by atoms with Crippen molar-refractivity contribution in [2.75, 3.05) is 0 Å². The zero-order valence-electron chi connectivity index (χ0n) is 30.8. The Morgan fingerprint density at radius 3 is 1.51 bits per heavy atom. The summed E-state index contributed by atoms with van der Waals surface area (Å²) in [6.07, 6.45) is 0. The van der Waals surface area contributed by atoms with Gasteiger partial charge in [0.05, 0.1) is 0 Å². The van der Waals surface area contributed by atoms with Crippen LogP contribution in [0.4, 0.5) is 0 Å². The predicted molar refractivity (Wildman–Crippen MR) is 240 cm³/mol. The van der Waals surface area contributed by atoms with Crippen LogP contribution >= 0.6 is 11.3 Å². The number of hydrogen-bond acceptors (Lipinski definition) is 4. The minimum absolute atomic E-state index is 0.635. The molecule has 2 heterocycles. The Hall–Kier alpha value is -7.27. The SMILES string of the molecule is c1ccc(-c2nc(-c3ccccc3)nc(-c3ccc(-c4ccc5sc6ccccc6c5c4)c(-c4ccc5cc(-c6cccc7ccccc67)ccc5c4)c3)n2)cc1. The number of benzene rings is 9. The van der Waals surface area contributed by atoms with E-state index in [9.17, 15) is 0 Å². The topological polar surface area (TPSA) is 38.7 Å². The molecule has 2 aromatic heterocycles. The van der Waals surface area contributed by atoms with Gasteiger partial charge in [-0.15, -0.1) is 11.3 Å². The Morgan fingerprint density at radius 1 is 0.263 bits per heavy atom. The molecule has 0 radical (unpaired) electrons. The van der Waals surface area contributed by atoms with Crippen LogP contribution in [0.15, 0.2) is 200 Å². The molecule has 9 aromatic carbocycles. The Labute approximate surface area is 334 Å². The fourth-order valence-corrected chi connectivity index (χ4v) is 9.15. The summed E-state index contributed by atoms with van der Waals surface area (Å²) in [6, 6.07) is 71.3. The van der Waals surface area contributed by atoms with Gasteiger partial charge in [0, 0.05) is 36.9 Å². The van der Waals surface area contributed by atoms with Gasteiger partial charge in [0.2, 0.25) is 0 Å². The van der Waals surface area contributed by atoms with E-state index in [0.29, 0.717) is 17.5 Å². The first-order valence-electron chi connectivity index (χ1n) is 19.2. The highest BCUT2D eigenvalue weighted by Gasteiger charge is 2.17. The first-order chi connectivity index (χ1) is 28.2. The van der Waals surface area contributed by atoms with Crippen LogP contribution in [-0.4, -0.2) is 15.0 Å². The highest BCUT2D eigenvalue weighted by atomic mass is 32.1. The zero-order valence-corrected chi connectivity index (χ0v) is 31.6. The van der Waals surface area contributed by atoms with Gasteiger partial charge in [0.15, 0.2) is 17.5 Å². The van der Waals surface area contributed by atoms with Crippen molar-refractivity contribution < 1.29 is 0 Å². The lowest BCUT2D eigenvalue weighted by molar-refractivity contribution is 1.07. The summed E-state index contributed by atoms with van der Waals surface area (Å²) in [6.45, 7) is 0. The standard InChI is InChI=1S/C53H33N3S/c1-3-13-35(14-4-1)51-54-52(36-15-5-2-6-16-36)56-53(55-51)42-26-28-45(41-27-29-50-48(32-41)46-19-9-10-21-49(46)57-50)47(33-42)40-25-23-37-30-39(24-22-38(37)31-40)44-20-11-17-34-12-7-8-18-43(34)44/h1-33H. The average Bonchev–Trinajstić information content (AvgIpc) is 3.67. The van der Waals surface area contributed by atoms with E-state index in [-0.39, 0.29) is 0 Å². The molecule has 0 saturated carbocycles. The molecule has 0 spiro atoms. The van der Waals surface area contributed by atoms with Crippen LogP contribution in [-0.2, 0) is 0 Å². The minimum Gasteiger partial charge on any atom is -0.208 e. The van der Waals surface area contributed by atoms with E-state index in [1.165, 1.54) is 58.4 Å². The molecule has 0 aliphatic carbocycles. The molecule has 57 heavy (non-hydrogen) atoms. The molecule has 0 unspecified atom stereocenters. The molecule has 11 aromatic rings. The van der Waals surface area contributed by atoms with Crippen LogP contribution in [0.1, 0.15) is 0 Å². The van der Waals surface area contributed by atoms with Crippen LogP contribution in [0.5, 0.6) is 0 Å². The fourth-order valence-electron chi connectivity index (χ4n) is 8.06. The van der Waals surface area contributed by atoms with E-state index in [1.807, 2.05) is 72.0 Å². The van der Waals surface area contributed by atoms with Crippen molar-refractivity contribution in [3.63, 3.8) is 0 Å². The molecule has 0 bridgehead atoms. The number of fused-ring (bicyclic) bond motifs is 5. The van der Waals surface area contributed by atoms with E-state index in [1.54, 1.807) is 0 Å². The van der Waals surface area contributed by atoms with Gasteiger partial charge in [-0.1, -0.05) is 164 Å². The maximum Gasteiger partial charge on any atom is 0.164 e. The Morgan fingerprint density at radius 2 is 0.789 bits per heavy atom. The van der Waals surface area contributed by atoms with E-state index < -0.39 is 0 Å². The predicted octanol–water partition coefficient (Wildman–Crippen LogP) is 14.5.